The molecule has 31 heavy (non-hydrogen) atoms. The van der Waals surface area contributed by atoms with Crippen molar-refractivity contribution in [2.24, 2.45) is 0 Å². The molecule has 4 rings (SSSR count). The van der Waals surface area contributed by atoms with Crippen LogP contribution in [0.5, 0.6) is 0 Å². The number of benzene rings is 2. The first-order chi connectivity index (χ1) is 14.9. The molecule has 0 unspecified atom stereocenters. The van der Waals surface area contributed by atoms with Crippen molar-refractivity contribution in [1.29, 1.82) is 0 Å². The SMILES string of the molecule is CN(C)c1nc(NC2CCC(NC(=O)c3cccc(F)c3F)CC2)nc2ccccc12. The number of carbonyl (C=O) groups excluding carboxylic acids is 1. The zero-order valence-electron chi connectivity index (χ0n) is 17.5. The van der Waals surface area contributed by atoms with E-state index in [2.05, 4.69) is 20.6 Å². The van der Waals surface area contributed by atoms with Crippen LogP contribution in [0.15, 0.2) is 42.5 Å². The molecule has 1 saturated carbocycles. The molecule has 1 amide bonds. The summed E-state index contributed by atoms with van der Waals surface area (Å²) in [5.74, 6) is -1.28. The molecule has 1 aliphatic rings. The Kier molecular flexibility index (Phi) is 5.97. The second kappa shape index (κ2) is 8.83. The predicted octanol–water partition coefficient (Wildman–Crippen LogP) is 4.13. The van der Waals surface area contributed by atoms with E-state index >= 15 is 0 Å². The third-order valence-corrected chi connectivity index (χ3v) is 5.60. The van der Waals surface area contributed by atoms with Crippen LogP contribution in [-0.2, 0) is 0 Å². The average molecular weight is 425 g/mol. The maximum absolute atomic E-state index is 13.8. The first-order valence-corrected chi connectivity index (χ1v) is 10.4. The van der Waals surface area contributed by atoms with E-state index in [1.165, 1.54) is 12.1 Å². The fraction of sp³-hybridized carbons (Fsp3) is 0.348. The quantitative estimate of drug-likeness (QED) is 0.643. The van der Waals surface area contributed by atoms with Crippen molar-refractivity contribution in [3.8, 4) is 0 Å². The molecule has 0 atom stereocenters. The monoisotopic (exact) mass is 425 g/mol. The number of hydrogen-bond acceptors (Lipinski definition) is 5. The molecule has 1 fully saturated rings. The number of aromatic nitrogens is 2. The number of fused-ring (bicyclic) bond motifs is 1. The minimum atomic E-state index is -1.11. The fourth-order valence-electron chi connectivity index (χ4n) is 3.97. The molecule has 0 saturated heterocycles. The molecule has 2 aromatic carbocycles. The van der Waals surface area contributed by atoms with Crippen molar-refractivity contribution >= 4 is 28.6 Å². The molecule has 0 bridgehead atoms. The van der Waals surface area contributed by atoms with Crippen LogP contribution in [0.3, 0.4) is 0 Å². The lowest BCUT2D eigenvalue weighted by molar-refractivity contribution is 0.0921. The van der Waals surface area contributed by atoms with E-state index in [1.807, 2.05) is 43.3 Å². The summed E-state index contributed by atoms with van der Waals surface area (Å²) in [6.07, 6.45) is 3.08. The maximum Gasteiger partial charge on any atom is 0.254 e. The summed E-state index contributed by atoms with van der Waals surface area (Å²) in [5.41, 5.74) is 0.614. The van der Waals surface area contributed by atoms with Gasteiger partial charge in [-0.25, -0.2) is 13.8 Å². The van der Waals surface area contributed by atoms with Crippen LogP contribution in [0.1, 0.15) is 36.0 Å². The van der Waals surface area contributed by atoms with E-state index in [4.69, 9.17) is 0 Å². The molecular weight excluding hydrogens is 400 g/mol. The molecule has 0 aliphatic heterocycles. The number of amides is 1. The Labute approximate surface area is 179 Å². The van der Waals surface area contributed by atoms with Crippen molar-refractivity contribution in [2.45, 2.75) is 37.8 Å². The second-order valence-electron chi connectivity index (χ2n) is 8.05. The number of carbonyl (C=O) groups is 1. The van der Waals surface area contributed by atoms with Gasteiger partial charge in [0.2, 0.25) is 5.95 Å². The molecule has 0 radical (unpaired) electrons. The van der Waals surface area contributed by atoms with Gasteiger partial charge in [-0.3, -0.25) is 4.79 Å². The zero-order chi connectivity index (χ0) is 22.0. The summed E-state index contributed by atoms with van der Waals surface area (Å²) in [5, 5.41) is 7.24. The van der Waals surface area contributed by atoms with E-state index < -0.39 is 17.5 Å². The van der Waals surface area contributed by atoms with E-state index in [1.54, 1.807) is 0 Å². The number of hydrogen-bond donors (Lipinski definition) is 2. The molecule has 162 valence electrons. The zero-order valence-corrected chi connectivity index (χ0v) is 17.5. The highest BCUT2D eigenvalue weighted by atomic mass is 19.2. The summed E-state index contributed by atoms with van der Waals surface area (Å²) in [4.78, 5) is 23.6. The van der Waals surface area contributed by atoms with Gasteiger partial charge in [-0.05, 0) is 49.9 Å². The van der Waals surface area contributed by atoms with Gasteiger partial charge in [0.15, 0.2) is 11.6 Å². The van der Waals surface area contributed by atoms with Gasteiger partial charge in [-0.15, -0.1) is 0 Å². The number of nitrogens with one attached hydrogen (secondary N) is 2. The second-order valence-corrected chi connectivity index (χ2v) is 8.05. The van der Waals surface area contributed by atoms with Crippen molar-refractivity contribution < 1.29 is 13.6 Å². The minimum Gasteiger partial charge on any atom is -0.362 e. The third-order valence-electron chi connectivity index (χ3n) is 5.60. The summed E-state index contributed by atoms with van der Waals surface area (Å²) in [7, 11) is 3.90. The minimum absolute atomic E-state index is 0.0805. The van der Waals surface area contributed by atoms with Gasteiger partial charge >= 0.3 is 0 Å². The van der Waals surface area contributed by atoms with Crippen LogP contribution in [0.4, 0.5) is 20.5 Å². The Balaban J connectivity index is 1.38. The normalized spacial score (nSPS) is 18.6. The Morgan fingerprint density at radius 3 is 2.42 bits per heavy atom. The first-order valence-electron chi connectivity index (χ1n) is 10.4. The van der Waals surface area contributed by atoms with Crippen molar-refractivity contribution in [1.82, 2.24) is 15.3 Å². The Morgan fingerprint density at radius 2 is 1.68 bits per heavy atom. The van der Waals surface area contributed by atoms with Crippen LogP contribution in [-0.4, -0.2) is 42.1 Å². The van der Waals surface area contributed by atoms with Crippen LogP contribution in [0.2, 0.25) is 0 Å². The third kappa shape index (κ3) is 4.57. The van der Waals surface area contributed by atoms with Gasteiger partial charge in [0, 0.05) is 31.6 Å². The largest absolute Gasteiger partial charge is 0.362 e. The lowest BCUT2D eigenvalue weighted by Crippen LogP contribution is -2.40. The van der Waals surface area contributed by atoms with Gasteiger partial charge in [-0.1, -0.05) is 18.2 Å². The molecular formula is C23H25F2N5O. The van der Waals surface area contributed by atoms with Crippen molar-refractivity contribution in [3.05, 3.63) is 59.7 Å². The summed E-state index contributed by atoms with van der Waals surface area (Å²) < 4.78 is 27.2. The Morgan fingerprint density at radius 1 is 0.968 bits per heavy atom. The molecule has 6 nitrogen and oxygen atoms in total. The summed E-state index contributed by atoms with van der Waals surface area (Å²) >= 11 is 0. The number of halogens is 2. The Hall–Kier alpha value is -3.29. The average Bonchev–Trinajstić information content (AvgIpc) is 2.76. The van der Waals surface area contributed by atoms with Gasteiger partial charge < -0.3 is 15.5 Å². The fourth-order valence-corrected chi connectivity index (χ4v) is 3.97. The standard InChI is InChI=1S/C23H25F2N5O/c1-30(2)21-16-6-3-4-9-19(16)28-23(29-21)27-15-12-10-14(11-13-15)26-22(31)17-7-5-8-18(24)20(17)25/h3-9,14-15H,10-13H2,1-2H3,(H,26,31)(H,27,28,29). The van der Waals surface area contributed by atoms with E-state index in [0.717, 1.165) is 48.5 Å². The molecule has 2 N–H and O–H groups in total. The highest BCUT2D eigenvalue weighted by Gasteiger charge is 2.25. The highest BCUT2D eigenvalue weighted by molar-refractivity contribution is 5.94. The van der Waals surface area contributed by atoms with Gasteiger partial charge in [0.1, 0.15) is 5.82 Å². The van der Waals surface area contributed by atoms with Crippen LogP contribution >= 0.6 is 0 Å². The van der Waals surface area contributed by atoms with E-state index in [9.17, 15) is 13.6 Å². The lowest BCUT2D eigenvalue weighted by atomic mass is 9.91. The lowest BCUT2D eigenvalue weighted by Gasteiger charge is -2.30. The number of para-hydroxylation sites is 1. The van der Waals surface area contributed by atoms with Gasteiger partial charge in [-0.2, -0.15) is 4.98 Å². The van der Waals surface area contributed by atoms with Crippen LogP contribution < -0.4 is 15.5 Å². The predicted molar refractivity (Wildman–Crippen MR) is 117 cm³/mol. The molecule has 3 aromatic rings. The maximum atomic E-state index is 13.8. The summed E-state index contributed by atoms with van der Waals surface area (Å²) in [6.45, 7) is 0. The Bertz CT molecular complexity index is 1100. The van der Waals surface area contributed by atoms with Crippen molar-refractivity contribution in [2.75, 3.05) is 24.3 Å². The van der Waals surface area contributed by atoms with Crippen LogP contribution in [0, 0.1) is 11.6 Å². The van der Waals surface area contributed by atoms with E-state index in [0.29, 0.717) is 5.95 Å². The smallest absolute Gasteiger partial charge is 0.254 e. The first kappa shape index (κ1) is 21.0. The number of nitrogens with zero attached hydrogens (tertiary/aromatic N) is 3. The molecule has 1 heterocycles. The van der Waals surface area contributed by atoms with Gasteiger partial charge in [0.05, 0.1) is 11.1 Å². The van der Waals surface area contributed by atoms with E-state index in [-0.39, 0.29) is 17.6 Å². The summed E-state index contributed by atoms with van der Waals surface area (Å²) in [6, 6.07) is 11.6. The molecule has 8 heteroatoms. The molecule has 1 aliphatic carbocycles. The van der Waals surface area contributed by atoms with Crippen LogP contribution in [0.25, 0.3) is 10.9 Å². The van der Waals surface area contributed by atoms with Gasteiger partial charge in [0.25, 0.3) is 5.91 Å². The number of anilines is 2. The number of rotatable bonds is 5. The molecule has 1 aromatic heterocycles. The highest BCUT2D eigenvalue weighted by Crippen LogP contribution is 2.26. The van der Waals surface area contributed by atoms with Crippen molar-refractivity contribution in [3.63, 3.8) is 0 Å². The molecule has 0 spiro atoms. The topological polar surface area (TPSA) is 70.2 Å².